The summed E-state index contributed by atoms with van der Waals surface area (Å²) in [5.41, 5.74) is 1.65. The third-order valence-corrected chi connectivity index (χ3v) is 3.70. The van der Waals surface area contributed by atoms with Gasteiger partial charge in [0.25, 0.3) is 0 Å². The number of carboxylic acids is 1. The molecule has 0 aliphatic rings. The van der Waals surface area contributed by atoms with Gasteiger partial charge in [0.05, 0.1) is 6.42 Å². The Bertz CT molecular complexity index is 704. The Labute approximate surface area is 152 Å². The summed E-state index contributed by atoms with van der Waals surface area (Å²) in [5, 5.41) is 27.2. The van der Waals surface area contributed by atoms with Gasteiger partial charge < -0.3 is 26.2 Å². The highest BCUT2D eigenvalue weighted by molar-refractivity contribution is 5.94. The van der Waals surface area contributed by atoms with E-state index >= 15 is 0 Å². The summed E-state index contributed by atoms with van der Waals surface area (Å²) in [6, 6.07) is 14.9. The van der Waals surface area contributed by atoms with Crippen molar-refractivity contribution in [2.24, 2.45) is 0 Å². The van der Waals surface area contributed by atoms with Crippen molar-refractivity contribution in [2.75, 3.05) is 18.4 Å². The number of amides is 1. The van der Waals surface area contributed by atoms with Crippen LogP contribution in [0.4, 0.5) is 5.69 Å². The number of phenolic OH excluding ortho intramolecular Hbond substituents is 1. The van der Waals surface area contributed by atoms with Gasteiger partial charge in [0.15, 0.2) is 0 Å². The molecule has 0 heterocycles. The lowest BCUT2D eigenvalue weighted by Gasteiger charge is -2.15. The van der Waals surface area contributed by atoms with E-state index in [0.717, 1.165) is 5.56 Å². The van der Waals surface area contributed by atoms with Crippen LogP contribution in [0.2, 0.25) is 0 Å². The number of carbonyl (C=O) groups is 2. The molecule has 2 aromatic carbocycles. The van der Waals surface area contributed by atoms with E-state index in [2.05, 4.69) is 16.0 Å². The molecule has 0 aromatic heterocycles. The number of phenols is 1. The van der Waals surface area contributed by atoms with Gasteiger partial charge in [-0.1, -0.05) is 30.3 Å². The second kappa shape index (κ2) is 10.2. The zero-order valence-corrected chi connectivity index (χ0v) is 14.3. The van der Waals surface area contributed by atoms with Gasteiger partial charge in [0, 0.05) is 25.3 Å². The molecule has 1 atom stereocenters. The zero-order chi connectivity index (χ0) is 18.8. The Hall–Kier alpha value is -2.90. The van der Waals surface area contributed by atoms with Gasteiger partial charge in [-0.15, -0.1) is 0 Å². The van der Waals surface area contributed by atoms with Crippen LogP contribution < -0.4 is 16.0 Å². The fraction of sp³-hybridized carbons (Fsp3) is 0.263. The average Bonchev–Trinajstić information content (AvgIpc) is 2.63. The summed E-state index contributed by atoms with van der Waals surface area (Å²) in [6.45, 7) is 1.70. The van der Waals surface area contributed by atoms with Crippen LogP contribution in [0.5, 0.6) is 5.75 Å². The lowest BCUT2D eigenvalue weighted by atomic mass is 10.2. The lowest BCUT2D eigenvalue weighted by molar-refractivity contribution is -0.141. The molecule has 2 rings (SSSR count). The molecule has 0 spiro atoms. The molecule has 0 radical (unpaired) electrons. The minimum Gasteiger partial charge on any atom is -0.508 e. The number of carboxylic acid groups (broad SMARTS) is 1. The van der Waals surface area contributed by atoms with Crippen LogP contribution >= 0.6 is 0 Å². The second-order valence-corrected chi connectivity index (χ2v) is 5.81. The fourth-order valence-corrected chi connectivity index (χ4v) is 2.35. The van der Waals surface area contributed by atoms with Gasteiger partial charge >= 0.3 is 5.97 Å². The monoisotopic (exact) mass is 357 g/mol. The van der Waals surface area contributed by atoms with Crippen LogP contribution in [0.15, 0.2) is 54.6 Å². The maximum atomic E-state index is 12.0. The highest BCUT2D eigenvalue weighted by Crippen LogP contribution is 2.14. The number of hydrogen-bond acceptors (Lipinski definition) is 5. The van der Waals surface area contributed by atoms with Crippen LogP contribution in [-0.2, 0) is 16.1 Å². The van der Waals surface area contributed by atoms with E-state index in [9.17, 15) is 19.8 Å². The summed E-state index contributed by atoms with van der Waals surface area (Å²) in [4.78, 5) is 23.3. The van der Waals surface area contributed by atoms with Gasteiger partial charge in [-0.25, -0.2) is 0 Å². The lowest BCUT2D eigenvalue weighted by Crippen LogP contribution is -2.42. The van der Waals surface area contributed by atoms with Crippen LogP contribution in [0.3, 0.4) is 0 Å². The Morgan fingerprint density at radius 3 is 2.31 bits per heavy atom. The first-order valence-corrected chi connectivity index (χ1v) is 8.34. The zero-order valence-electron chi connectivity index (χ0n) is 14.3. The largest absolute Gasteiger partial charge is 0.508 e. The maximum Gasteiger partial charge on any atom is 0.321 e. The summed E-state index contributed by atoms with van der Waals surface area (Å²) in [6.07, 6.45) is -0.186. The quantitative estimate of drug-likeness (QED) is 0.326. The van der Waals surface area contributed by atoms with Crippen molar-refractivity contribution in [1.82, 2.24) is 10.6 Å². The molecule has 7 nitrogen and oxygen atoms in total. The molecule has 0 bridgehead atoms. The molecule has 0 saturated heterocycles. The number of aromatic hydroxyl groups is 1. The first-order chi connectivity index (χ1) is 12.5. The first kappa shape index (κ1) is 19.4. The van der Waals surface area contributed by atoms with Crippen LogP contribution in [0.25, 0.3) is 0 Å². The highest BCUT2D eigenvalue weighted by atomic mass is 16.4. The third kappa shape index (κ3) is 6.92. The van der Waals surface area contributed by atoms with E-state index in [4.69, 9.17) is 0 Å². The van der Waals surface area contributed by atoms with Crippen molar-refractivity contribution in [3.05, 3.63) is 60.2 Å². The third-order valence-electron chi connectivity index (χ3n) is 3.70. The van der Waals surface area contributed by atoms with Crippen LogP contribution in [0, 0.1) is 0 Å². The number of carbonyl (C=O) groups excluding carboxylic acids is 1. The van der Waals surface area contributed by atoms with Gasteiger partial charge in [-0.05, 0) is 29.8 Å². The van der Waals surface area contributed by atoms with E-state index in [0.29, 0.717) is 25.3 Å². The summed E-state index contributed by atoms with van der Waals surface area (Å²) in [7, 11) is 0. The predicted octanol–water partition coefficient (Wildman–Crippen LogP) is 1.55. The number of rotatable bonds is 10. The van der Waals surface area contributed by atoms with Crippen LogP contribution in [0.1, 0.15) is 12.0 Å². The first-order valence-electron chi connectivity index (χ1n) is 8.34. The fourth-order valence-electron chi connectivity index (χ4n) is 2.35. The Morgan fingerprint density at radius 2 is 1.65 bits per heavy atom. The minimum atomic E-state index is -1.08. The molecule has 0 saturated carbocycles. The molecular formula is C19H23N3O4. The number of anilines is 1. The van der Waals surface area contributed by atoms with Crippen molar-refractivity contribution < 1.29 is 19.8 Å². The van der Waals surface area contributed by atoms with Crippen molar-refractivity contribution in [2.45, 2.75) is 19.0 Å². The van der Waals surface area contributed by atoms with Crippen molar-refractivity contribution in [3.8, 4) is 5.75 Å². The van der Waals surface area contributed by atoms with E-state index in [1.165, 1.54) is 12.1 Å². The van der Waals surface area contributed by atoms with Crippen molar-refractivity contribution in [3.63, 3.8) is 0 Å². The topological polar surface area (TPSA) is 111 Å². The van der Waals surface area contributed by atoms with Gasteiger partial charge in [-0.2, -0.15) is 0 Å². The predicted molar refractivity (Wildman–Crippen MR) is 98.9 cm³/mol. The normalized spacial score (nSPS) is 11.7. The number of benzene rings is 2. The Morgan fingerprint density at radius 1 is 0.962 bits per heavy atom. The molecule has 0 fully saturated rings. The molecule has 1 amide bonds. The maximum absolute atomic E-state index is 12.0. The van der Waals surface area contributed by atoms with E-state index in [1.54, 1.807) is 12.1 Å². The number of nitrogens with one attached hydrogen (secondary N) is 3. The van der Waals surface area contributed by atoms with E-state index in [1.807, 2.05) is 30.3 Å². The Balaban J connectivity index is 1.71. The standard InChI is InChI=1S/C19H23N3O4/c23-16-8-6-15(7-9-16)22-18(24)12-17(19(25)26)21-11-10-20-13-14-4-2-1-3-5-14/h1-9,17,20-21,23H,10-13H2,(H,22,24)(H,25,26)/t17-/m0/s1. The molecule has 0 aliphatic heterocycles. The number of aliphatic carboxylic acids is 1. The summed E-state index contributed by atoms with van der Waals surface area (Å²) >= 11 is 0. The molecule has 5 N–H and O–H groups in total. The van der Waals surface area contributed by atoms with Gasteiger partial charge in [0.1, 0.15) is 11.8 Å². The van der Waals surface area contributed by atoms with E-state index in [-0.39, 0.29) is 12.2 Å². The molecule has 0 aliphatic carbocycles. The molecule has 7 heteroatoms. The second-order valence-electron chi connectivity index (χ2n) is 5.81. The molecule has 26 heavy (non-hydrogen) atoms. The molecular weight excluding hydrogens is 334 g/mol. The molecule has 0 unspecified atom stereocenters. The van der Waals surface area contributed by atoms with Crippen molar-refractivity contribution in [1.29, 1.82) is 0 Å². The van der Waals surface area contributed by atoms with Crippen LogP contribution in [-0.4, -0.2) is 41.2 Å². The van der Waals surface area contributed by atoms with Gasteiger partial charge in [-0.3, -0.25) is 9.59 Å². The average molecular weight is 357 g/mol. The van der Waals surface area contributed by atoms with Gasteiger partial charge in [0.2, 0.25) is 5.91 Å². The molecule has 2 aromatic rings. The highest BCUT2D eigenvalue weighted by Gasteiger charge is 2.20. The SMILES string of the molecule is O=C(C[C@H](NCCNCc1ccccc1)C(=O)O)Nc1ccc(O)cc1. The molecule has 138 valence electrons. The Kier molecular flexibility index (Phi) is 7.60. The summed E-state index contributed by atoms with van der Waals surface area (Å²) < 4.78 is 0. The van der Waals surface area contributed by atoms with Crippen molar-refractivity contribution >= 4 is 17.6 Å². The summed E-state index contributed by atoms with van der Waals surface area (Å²) in [5.74, 6) is -1.39. The number of hydrogen-bond donors (Lipinski definition) is 5. The van der Waals surface area contributed by atoms with E-state index < -0.39 is 17.9 Å². The smallest absolute Gasteiger partial charge is 0.321 e. The minimum absolute atomic E-state index is 0.0936.